The number of hydrogen-bond donors (Lipinski definition) is 3. The molecule has 0 spiro atoms. The Morgan fingerprint density at radius 3 is 0.971 bits per heavy atom. The average molecular weight is 490 g/mol. The number of aliphatic hydroxyl groups is 3. The summed E-state index contributed by atoms with van der Waals surface area (Å²) in [5.41, 5.74) is 0. The third kappa shape index (κ3) is 28.0. The predicted molar refractivity (Wildman–Crippen MR) is 142 cm³/mol. The Balaban J connectivity index is 3.40. The van der Waals surface area contributed by atoms with Gasteiger partial charge in [0.25, 0.3) is 0 Å². The summed E-state index contributed by atoms with van der Waals surface area (Å²) in [5.74, 6) is 0. The summed E-state index contributed by atoms with van der Waals surface area (Å²) >= 11 is 0. The fraction of sp³-hybridized carbons (Fsp3) is 1.00. The van der Waals surface area contributed by atoms with Gasteiger partial charge in [-0.25, -0.2) is 0 Å². The number of hydrogen-bond acceptors (Lipinski definition) is 6. The number of ether oxygens (including phenoxy) is 2. The highest BCUT2D eigenvalue weighted by Crippen LogP contribution is 2.14. The first-order valence-electron chi connectivity index (χ1n) is 14.6. The first-order valence-corrected chi connectivity index (χ1v) is 14.6. The molecule has 6 nitrogen and oxygen atoms in total. The Bertz CT molecular complexity index is 348. The van der Waals surface area contributed by atoms with Crippen LogP contribution in [0.1, 0.15) is 116 Å². The lowest BCUT2D eigenvalue weighted by Gasteiger charge is -2.22. The molecule has 0 aromatic heterocycles. The van der Waals surface area contributed by atoms with Crippen molar-refractivity contribution in [3.05, 3.63) is 0 Å². The molecular weight excluding hydrogens is 430 g/mol. The topological polar surface area (TPSA) is 82.4 Å². The number of rotatable bonds is 30. The molecule has 206 valence electrons. The van der Waals surface area contributed by atoms with Gasteiger partial charge in [0.15, 0.2) is 0 Å². The van der Waals surface area contributed by atoms with Crippen LogP contribution < -0.4 is 0 Å². The molecular formula is C28H59NO5. The van der Waals surface area contributed by atoms with Gasteiger partial charge in [0.05, 0.1) is 39.6 Å². The van der Waals surface area contributed by atoms with Gasteiger partial charge in [-0.3, -0.25) is 4.90 Å². The van der Waals surface area contributed by atoms with Crippen LogP contribution in [0.2, 0.25) is 0 Å². The van der Waals surface area contributed by atoms with E-state index in [2.05, 4.69) is 4.90 Å². The van der Waals surface area contributed by atoms with Crippen molar-refractivity contribution in [1.82, 2.24) is 4.90 Å². The van der Waals surface area contributed by atoms with Crippen molar-refractivity contribution in [2.24, 2.45) is 0 Å². The number of nitrogens with zero attached hydrogens (tertiary/aromatic N) is 1. The van der Waals surface area contributed by atoms with E-state index in [1.165, 1.54) is 109 Å². The summed E-state index contributed by atoms with van der Waals surface area (Å²) in [4.78, 5) is 2.37. The maximum absolute atomic E-state index is 8.82. The highest BCUT2D eigenvalue weighted by Gasteiger charge is 2.05. The number of aliphatic hydroxyl groups excluding tert-OH is 3. The van der Waals surface area contributed by atoms with Gasteiger partial charge in [-0.15, -0.1) is 0 Å². The summed E-state index contributed by atoms with van der Waals surface area (Å²) in [5, 5.41) is 26.4. The minimum absolute atomic E-state index is 0.0768. The molecule has 0 aromatic rings. The predicted octanol–water partition coefficient (Wildman–Crippen LogP) is 5.32. The summed E-state index contributed by atoms with van der Waals surface area (Å²) < 4.78 is 10.8. The van der Waals surface area contributed by atoms with Crippen molar-refractivity contribution < 1.29 is 24.8 Å². The molecule has 0 aliphatic rings. The maximum Gasteiger partial charge on any atom is 0.0698 e. The zero-order valence-corrected chi connectivity index (χ0v) is 22.4. The smallest absolute Gasteiger partial charge is 0.0698 e. The van der Waals surface area contributed by atoms with Crippen molar-refractivity contribution in [3.8, 4) is 0 Å². The van der Waals surface area contributed by atoms with E-state index in [0.29, 0.717) is 33.0 Å². The Kier molecular flexibility index (Phi) is 30.6. The lowest BCUT2D eigenvalue weighted by molar-refractivity contribution is 0.0503. The van der Waals surface area contributed by atoms with E-state index in [0.717, 1.165) is 26.1 Å². The molecule has 0 radical (unpaired) electrons. The molecule has 0 bridgehead atoms. The molecule has 6 heteroatoms. The van der Waals surface area contributed by atoms with Crippen LogP contribution in [0.5, 0.6) is 0 Å². The number of unbranched alkanes of at least 4 members (excludes halogenated alkanes) is 17. The molecule has 0 amide bonds. The second-order valence-corrected chi connectivity index (χ2v) is 9.60. The van der Waals surface area contributed by atoms with E-state index in [1.54, 1.807) is 0 Å². The minimum atomic E-state index is 0.0768. The summed E-state index contributed by atoms with van der Waals surface area (Å²) in [6.45, 7) is 5.41. The molecule has 0 atom stereocenters. The van der Waals surface area contributed by atoms with E-state index in [4.69, 9.17) is 24.8 Å². The van der Waals surface area contributed by atoms with Crippen LogP contribution in [0.4, 0.5) is 0 Å². The molecule has 0 rings (SSSR count). The van der Waals surface area contributed by atoms with Gasteiger partial charge in [-0.05, 0) is 19.4 Å². The molecule has 0 aliphatic heterocycles. The maximum atomic E-state index is 8.82. The van der Waals surface area contributed by atoms with Crippen LogP contribution >= 0.6 is 0 Å². The van der Waals surface area contributed by atoms with Gasteiger partial charge in [-0.1, -0.05) is 103 Å². The van der Waals surface area contributed by atoms with Gasteiger partial charge < -0.3 is 24.8 Å². The second kappa shape index (κ2) is 30.8. The minimum Gasteiger partial charge on any atom is -0.396 e. The quantitative estimate of drug-likeness (QED) is 0.118. The Labute approximate surface area is 211 Å². The first kappa shape index (κ1) is 33.8. The van der Waals surface area contributed by atoms with Crippen LogP contribution in [-0.4, -0.2) is 86.1 Å². The van der Waals surface area contributed by atoms with E-state index in [1.807, 2.05) is 0 Å². The molecule has 3 N–H and O–H groups in total. The molecule has 0 heterocycles. The average Bonchev–Trinajstić information content (AvgIpc) is 2.85. The lowest BCUT2D eigenvalue weighted by atomic mass is 10.0. The zero-order chi connectivity index (χ0) is 24.8. The highest BCUT2D eigenvalue weighted by atomic mass is 16.5. The van der Waals surface area contributed by atoms with Crippen molar-refractivity contribution in [3.63, 3.8) is 0 Å². The van der Waals surface area contributed by atoms with Crippen LogP contribution in [-0.2, 0) is 9.47 Å². The zero-order valence-electron chi connectivity index (χ0n) is 22.4. The van der Waals surface area contributed by atoms with Gasteiger partial charge in [0.2, 0.25) is 0 Å². The lowest BCUT2D eigenvalue weighted by Crippen LogP contribution is -2.32. The SMILES string of the molecule is OCCCCCCCCCCCCCCCCCCCCN(CCOCCO)CCOCCO. The van der Waals surface area contributed by atoms with Gasteiger partial charge >= 0.3 is 0 Å². The van der Waals surface area contributed by atoms with Crippen LogP contribution in [0.3, 0.4) is 0 Å². The molecule has 0 aliphatic carbocycles. The standard InChI is InChI=1S/C28H59NO5/c30-22-18-16-14-12-10-8-6-4-2-1-3-5-7-9-11-13-15-17-19-29(20-25-33-27-23-31)21-26-34-28-24-32/h30-32H,1-28H2. The van der Waals surface area contributed by atoms with E-state index < -0.39 is 0 Å². The highest BCUT2D eigenvalue weighted by molar-refractivity contribution is 4.59. The fourth-order valence-electron chi connectivity index (χ4n) is 4.33. The Hall–Kier alpha value is -0.240. The summed E-state index contributed by atoms with van der Waals surface area (Å²) in [7, 11) is 0. The molecule has 0 saturated heterocycles. The largest absolute Gasteiger partial charge is 0.396 e. The van der Waals surface area contributed by atoms with E-state index in [-0.39, 0.29) is 13.2 Å². The van der Waals surface area contributed by atoms with Gasteiger partial charge in [0, 0.05) is 19.7 Å². The Morgan fingerprint density at radius 2 is 0.647 bits per heavy atom. The van der Waals surface area contributed by atoms with Crippen LogP contribution in [0, 0.1) is 0 Å². The van der Waals surface area contributed by atoms with E-state index >= 15 is 0 Å². The molecule has 0 saturated carbocycles. The molecule has 34 heavy (non-hydrogen) atoms. The van der Waals surface area contributed by atoms with Crippen LogP contribution in [0.25, 0.3) is 0 Å². The third-order valence-electron chi connectivity index (χ3n) is 6.46. The monoisotopic (exact) mass is 489 g/mol. The van der Waals surface area contributed by atoms with Crippen LogP contribution in [0.15, 0.2) is 0 Å². The van der Waals surface area contributed by atoms with E-state index in [9.17, 15) is 0 Å². The van der Waals surface area contributed by atoms with Gasteiger partial charge in [0.1, 0.15) is 0 Å². The molecule has 0 unspecified atom stereocenters. The first-order chi connectivity index (χ1) is 16.8. The third-order valence-corrected chi connectivity index (χ3v) is 6.46. The van der Waals surface area contributed by atoms with Crippen molar-refractivity contribution >= 4 is 0 Å². The molecule has 0 fully saturated rings. The van der Waals surface area contributed by atoms with Crippen molar-refractivity contribution in [2.45, 2.75) is 116 Å². The second-order valence-electron chi connectivity index (χ2n) is 9.60. The van der Waals surface area contributed by atoms with Crippen molar-refractivity contribution in [2.75, 3.05) is 65.9 Å². The van der Waals surface area contributed by atoms with Crippen molar-refractivity contribution in [1.29, 1.82) is 0 Å². The fourth-order valence-corrected chi connectivity index (χ4v) is 4.33. The summed E-state index contributed by atoms with van der Waals surface area (Å²) in [6.07, 6.45) is 24.0. The summed E-state index contributed by atoms with van der Waals surface area (Å²) in [6, 6.07) is 0. The van der Waals surface area contributed by atoms with Gasteiger partial charge in [-0.2, -0.15) is 0 Å². The Morgan fingerprint density at radius 1 is 0.324 bits per heavy atom. The molecule has 0 aromatic carbocycles. The normalized spacial score (nSPS) is 11.6.